The third-order valence-electron chi connectivity index (χ3n) is 3.20. The zero-order valence-electron chi connectivity index (χ0n) is 10.2. The normalized spacial score (nSPS) is 19.1. The number of rotatable bonds is 2. The Morgan fingerprint density at radius 1 is 1.22 bits per heavy atom. The molecule has 0 spiro atoms. The molecule has 0 saturated carbocycles. The van der Waals surface area contributed by atoms with E-state index >= 15 is 0 Å². The third kappa shape index (κ3) is 3.20. The van der Waals surface area contributed by atoms with Crippen molar-refractivity contribution in [2.45, 2.75) is 12.7 Å². The zero-order valence-corrected chi connectivity index (χ0v) is 10.2. The molecule has 6 heteroatoms. The van der Waals surface area contributed by atoms with Gasteiger partial charge in [-0.15, -0.1) is 0 Å². The molecular formula is C12H16F3N3. The second kappa shape index (κ2) is 5.24. The van der Waals surface area contributed by atoms with Gasteiger partial charge in [0, 0.05) is 45.1 Å². The maximum absolute atomic E-state index is 12.8. The number of hydrogen-bond acceptors (Lipinski definition) is 3. The largest absolute Gasteiger partial charge is 0.416 e. The highest BCUT2D eigenvalue weighted by atomic mass is 19.4. The van der Waals surface area contributed by atoms with Crippen molar-refractivity contribution < 1.29 is 13.2 Å². The molecule has 0 amide bonds. The second-order valence-corrected chi connectivity index (χ2v) is 4.61. The van der Waals surface area contributed by atoms with E-state index < -0.39 is 11.7 Å². The molecule has 0 N–H and O–H groups in total. The molecule has 1 aliphatic heterocycles. The summed E-state index contributed by atoms with van der Waals surface area (Å²) in [6, 6.07) is 1.05. The highest BCUT2D eigenvalue weighted by molar-refractivity contribution is 5.26. The molecule has 100 valence electrons. The standard InChI is InChI=1S/C12H16F3N3/c1-17-4-6-18(7-5-17)9-10-8-16-3-2-11(10)12(13,14)15/h2-3,8H,4-7,9H2,1H3. The van der Waals surface area contributed by atoms with Gasteiger partial charge in [-0.2, -0.15) is 13.2 Å². The predicted octanol–water partition coefficient (Wildman–Crippen LogP) is 1.85. The molecule has 0 radical (unpaired) electrons. The smallest absolute Gasteiger partial charge is 0.304 e. The third-order valence-corrected chi connectivity index (χ3v) is 3.20. The van der Waals surface area contributed by atoms with Crippen LogP contribution in [0.15, 0.2) is 18.5 Å². The minimum atomic E-state index is -4.30. The summed E-state index contributed by atoms with van der Waals surface area (Å²) in [5.74, 6) is 0. The second-order valence-electron chi connectivity index (χ2n) is 4.61. The molecule has 2 rings (SSSR count). The quantitative estimate of drug-likeness (QED) is 0.808. The van der Waals surface area contributed by atoms with E-state index in [0.29, 0.717) is 6.54 Å². The number of nitrogens with zero attached hydrogens (tertiary/aromatic N) is 3. The van der Waals surface area contributed by atoms with Crippen molar-refractivity contribution in [1.82, 2.24) is 14.8 Å². The van der Waals surface area contributed by atoms with Crippen LogP contribution in [0.25, 0.3) is 0 Å². The summed E-state index contributed by atoms with van der Waals surface area (Å²) < 4.78 is 38.4. The van der Waals surface area contributed by atoms with Gasteiger partial charge >= 0.3 is 6.18 Å². The molecule has 1 aliphatic rings. The number of likely N-dealkylation sites (N-methyl/N-ethyl adjacent to an activating group) is 1. The Morgan fingerprint density at radius 3 is 2.50 bits per heavy atom. The molecule has 18 heavy (non-hydrogen) atoms. The van der Waals surface area contributed by atoms with Crippen molar-refractivity contribution in [3.8, 4) is 0 Å². The van der Waals surface area contributed by atoms with Crippen LogP contribution < -0.4 is 0 Å². The zero-order chi connectivity index (χ0) is 13.2. The highest BCUT2D eigenvalue weighted by Gasteiger charge is 2.33. The van der Waals surface area contributed by atoms with Crippen molar-refractivity contribution in [2.24, 2.45) is 0 Å². The summed E-state index contributed by atoms with van der Waals surface area (Å²) in [5.41, 5.74) is -0.314. The van der Waals surface area contributed by atoms with Gasteiger partial charge in [0.1, 0.15) is 0 Å². The van der Waals surface area contributed by atoms with Gasteiger partial charge in [0.2, 0.25) is 0 Å². The van der Waals surface area contributed by atoms with Crippen LogP contribution in [0.5, 0.6) is 0 Å². The molecule has 3 nitrogen and oxygen atoms in total. The molecule has 1 saturated heterocycles. The number of alkyl halides is 3. The summed E-state index contributed by atoms with van der Waals surface area (Å²) in [7, 11) is 2.02. The summed E-state index contributed by atoms with van der Waals surface area (Å²) in [6.45, 7) is 3.69. The fraction of sp³-hybridized carbons (Fsp3) is 0.583. The van der Waals surface area contributed by atoms with Gasteiger partial charge in [-0.25, -0.2) is 0 Å². The van der Waals surface area contributed by atoms with Crippen LogP contribution in [-0.2, 0) is 12.7 Å². The topological polar surface area (TPSA) is 19.4 Å². The molecular weight excluding hydrogens is 243 g/mol. The summed E-state index contributed by atoms with van der Waals surface area (Å²) >= 11 is 0. The molecule has 0 aliphatic carbocycles. The first kappa shape index (κ1) is 13.3. The summed E-state index contributed by atoms with van der Waals surface area (Å²) in [4.78, 5) is 8.01. The van der Waals surface area contributed by atoms with Crippen LogP contribution in [0.4, 0.5) is 13.2 Å². The molecule has 2 heterocycles. The van der Waals surface area contributed by atoms with Crippen molar-refractivity contribution in [2.75, 3.05) is 33.2 Å². The van der Waals surface area contributed by atoms with Gasteiger partial charge in [-0.1, -0.05) is 0 Å². The van der Waals surface area contributed by atoms with E-state index in [9.17, 15) is 13.2 Å². The first-order valence-electron chi connectivity index (χ1n) is 5.88. The number of piperazine rings is 1. The van der Waals surface area contributed by atoms with Gasteiger partial charge in [-0.3, -0.25) is 9.88 Å². The van der Waals surface area contributed by atoms with E-state index in [1.807, 2.05) is 11.9 Å². The minimum Gasteiger partial charge on any atom is -0.304 e. The van der Waals surface area contributed by atoms with Crippen molar-refractivity contribution in [3.05, 3.63) is 29.6 Å². The Kier molecular flexibility index (Phi) is 3.87. The van der Waals surface area contributed by atoms with Crippen LogP contribution >= 0.6 is 0 Å². The lowest BCUT2D eigenvalue weighted by atomic mass is 10.1. The van der Waals surface area contributed by atoms with Crippen molar-refractivity contribution in [3.63, 3.8) is 0 Å². The Labute approximate surface area is 104 Å². The van der Waals surface area contributed by atoms with Crippen LogP contribution in [0, 0.1) is 0 Å². The van der Waals surface area contributed by atoms with Crippen LogP contribution in [0.3, 0.4) is 0 Å². The van der Waals surface area contributed by atoms with E-state index in [1.165, 1.54) is 12.4 Å². The van der Waals surface area contributed by atoms with Gasteiger partial charge in [0.25, 0.3) is 0 Å². The number of pyridine rings is 1. The fourth-order valence-corrected chi connectivity index (χ4v) is 2.08. The summed E-state index contributed by atoms with van der Waals surface area (Å²) in [5, 5.41) is 0. The Morgan fingerprint density at radius 2 is 1.89 bits per heavy atom. The van der Waals surface area contributed by atoms with Crippen molar-refractivity contribution >= 4 is 0 Å². The fourth-order valence-electron chi connectivity index (χ4n) is 2.08. The SMILES string of the molecule is CN1CCN(Cc2cnccc2C(F)(F)F)CC1. The first-order valence-corrected chi connectivity index (χ1v) is 5.88. The molecule has 0 aromatic carbocycles. The Balaban J connectivity index is 2.10. The van der Waals surface area contributed by atoms with E-state index in [4.69, 9.17) is 0 Å². The molecule has 1 fully saturated rings. The van der Waals surface area contributed by atoms with Gasteiger partial charge in [-0.05, 0) is 18.7 Å². The number of aromatic nitrogens is 1. The molecule has 1 aromatic rings. The van der Waals surface area contributed by atoms with Crippen LogP contribution in [0.1, 0.15) is 11.1 Å². The van der Waals surface area contributed by atoms with Crippen molar-refractivity contribution in [1.29, 1.82) is 0 Å². The molecule has 0 atom stereocenters. The van der Waals surface area contributed by atoms with E-state index in [-0.39, 0.29) is 5.56 Å². The van der Waals surface area contributed by atoms with E-state index in [0.717, 1.165) is 32.2 Å². The highest BCUT2D eigenvalue weighted by Crippen LogP contribution is 2.31. The predicted molar refractivity (Wildman–Crippen MR) is 62.0 cm³/mol. The maximum Gasteiger partial charge on any atom is 0.416 e. The average Bonchev–Trinajstić information content (AvgIpc) is 2.31. The lowest BCUT2D eigenvalue weighted by molar-refractivity contribution is -0.138. The van der Waals surface area contributed by atoms with Gasteiger partial charge in [0.15, 0.2) is 0 Å². The average molecular weight is 259 g/mol. The first-order chi connectivity index (χ1) is 8.47. The lowest BCUT2D eigenvalue weighted by Crippen LogP contribution is -2.44. The molecule has 0 unspecified atom stereocenters. The Bertz CT molecular complexity index is 398. The Hall–Kier alpha value is -1.14. The molecule has 1 aromatic heterocycles. The maximum atomic E-state index is 12.8. The monoisotopic (exact) mass is 259 g/mol. The number of halogens is 3. The molecule has 0 bridgehead atoms. The van der Waals surface area contributed by atoms with Gasteiger partial charge in [0.05, 0.1) is 5.56 Å². The van der Waals surface area contributed by atoms with E-state index in [2.05, 4.69) is 9.88 Å². The summed E-state index contributed by atoms with van der Waals surface area (Å²) in [6.07, 6.45) is -1.79. The lowest BCUT2D eigenvalue weighted by Gasteiger charge is -2.32. The van der Waals surface area contributed by atoms with E-state index in [1.54, 1.807) is 0 Å². The van der Waals surface area contributed by atoms with Crippen LogP contribution in [-0.4, -0.2) is 48.0 Å². The number of hydrogen-bond donors (Lipinski definition) is 0. The van der Waals surface area contributed by atoms with Gasteiger partial charge < -0.3 is 4.90 Å². The minimum absolute atomic E-state index is 0.259. The van der Waals surface area contributed by atoms with Crippen LogP contribution in [0.2, 0.25) is 0 Å².